The molecule has 2 aliphatic heterocycles. The molecule has 2 aromatic carbocycles. The Morgan fingerprint density at radius 1 is 1.03 bits per heavy atom. The van der Waals surface area contributed by atoms with E-state index in [4.69, 9.17) is 5.26 Å². The summed E-state index contributed by atoms with van der Waals surface area (Å²) in [5.74, 6) is -0.537. The second kappa shape index (κ2) is 8.34. The molecule has 0 radical (unpaired) electrons. The summed E-state index contributed by atoms with van der Waals surface area (Å²) in [6.07, 6.45) is 1.25. The number of benzene rings is 2. The maximum atomic E-state index is 13.3. The average Bonchev–Trinajstić information content (AvgIpc) is 3.33. The Morgan fingerprint density at radius 2 is 1.76 bits per heavy atom. The summed E-state index contributed by atoms with van der Waals surface area (Å²) < 4.78 is 0. The summed E-state index contributed by atoms with van der Waals surface area (Å²) in [5.41, 5.74) is 2.63. The molecule has 8 nitrogen and oxygen atoms in total. The molecule has 33 heavy (non-hydrogen) atoms. The molecule has 5 rings (SSSR count). The van der Waals surface area contributed by atoms with Gasteiger partial charge in [0, 0.05) is 32.7 Å². The van der Waals surface area contributed by atoms with E-state index >= 15 is 0 Å². The highest BCUT2D eigenvalue weighted by Gasteiger charge is 2.55. The van der Waals surface area contributed by atoms with Gasteiger partial charge in [-0.1, -0.05) is 36.4 Å². The van der Waals surface area contributed by atoms with Crippen LogP contribution in [0.4, 0.5) is 4.79 Å². The van der Waals surface area contributed by atoms with Gasteiger partial charge in [-0.25, -0.2) is 4.79 Å². The van der Waals surface area contributed by atoms with Crippen molar-refractivity contribution in [1.82, 2.24) is 20.0 Å². The fourth-order valence-electron chi connectivity index (χ4n) is 5.07. The molecule has 2 aromatic rings. The zero-order chi connectivity index (χ0) is 23.0. The quantitative estimate of drug-likeness (QED) is 0.724. The van der Waals surface area contributed by atoms with Crippen molar-refractivity contribution in [3.63, 3.8) is 0 Å². The fourth-order valence-corrected chi connectivity index (χ4v) is 5.07. The van der Waals surface area contributed by atoms with E-state index in [0.29, 0.717) is 38.2 Å². The number of imide groups is 1. The van der Waals surface area contributed by atoms with Gasteiger partial charge in [0.05, 0.1) is 11.6 Å². The molecule has 168 valence electrons. The van der Waals surface area contributed by atoms with Crippen molar-refractivity contribution in [2.75, 3.05) is 32.7 Å². The Labute approximate surface area is 192 Å². The van der Waals surface area contributed by atoms with E-state index in [2.05, 4.69) is 16.3 Å². The van der Waals surface area contributed by atoms with Crippen LogP contribution in [0.1, 0.15) is 28.7 Å². The SMILES string of the molecule is N#Cc1ccc(CN2CCN(C(=O)CN3C(=O)N[C@]4(CCc5ccccc54)C3=O)CC2)cc1. The molecule has 1 spiro atoms. The molecule has 0 unspecified atom stereocenters. The maximum absolute atomic E-state index is 13.3. The average molecular weight is 444 g/mol. The van der Waals surface area contributed by atoms with E-state index in [-0.39, 0.29) is 18.4 Å². The first kappa shape index (κ1) is 21.2. The Balaban J connectivity index is 1.18. The number of carbonyl (C=O) groups is 3. The zero-order valence-corrected chi connectivity index (χ0v) is 18.3. The Kier molecular flexibility index (Phi) is 5.35. The highest BCUT2D eigenvalue weighted by Crippen LogP contribution is 2.41. The summed E-state index contributed by atoms with van der Waals surface area (Å²) in [5, 5.41) is 11.8. The number of urea groups is 1. The lowest BCUT2D eigenvalue weighted by Gasteiger charge is -2.35. The normalized spacial score (nSPS) is 22.4. The molecular formula is C25H25N5O3. The molecule has 3 aliphatic rings. The number of aryl methyl sites for hydroxylation is 1. The molecule has 1 N–H and O–H groups in total. The van der Waals surface area contributed by atoms with E-state index in [9.17, 15) is 14.4 Å². The summed E-state index contributed by atoms with van der Waals surface area (Å²) in [6, 6.07) is 16.8. The lowest BCUT2D eigenvalue weighted by Crippen LogP contribution is -2.51. The van der Waals surface area contributed by atoms with Crippen molar-refractivity contribution in [3.05, 3.63) is 70.8 Å². The van der Waals surface area contributed by atoms with Crippen LogP contribution in [0.3, 0.4) is 0 Å². The molecule has 2 heterocycles. The highest BCUT2D eigenvalue weighted by atomic mass is 16.2. The smallest absolute Gasteiger partial charge is 0.325 e. The lowest BCUT2D eigenvalue weighted by molar-refractivity contribution is -0.140. The van der Waals surface area contributed by atoms with Gasteiger partial charge in [-0.15, -0.1) is 0 Å². The Morgan fingerprint density at radius 3 is 2.48 bits per heavy atom. The summed E-state index contributed by atoms with van der Waals surface area (Å²) in [7, 11) is 0. The van der Waals surface area contributed by atoms with Gasteiger partial charge >= 0.3 is 6.03 Å². The van der Waals surface area contributed by atoms with E-state index in [1.54, 1.807) is 4.90 Å². The Hall–Kier alpha value is -3.70. The van der Waals surface area contributed by atoms with Gasteiger partial charge in [0.1, 0.15) is 12.1 Å². The molecule has 2 saturated heterocycles. The molecular weight excluding hydrogens is 418 g/mol. The van der Waals surface area contributed by atoms with Crippen molar-refractivity contribution < 1.29 is 14.4 Å². The minimum Gasteiger partial charge on any atom is -0.339 e. The fraction of sp³-hybridized carbons (Fsp3) is 0.360. The number of rotatable bonds is 4. The number of nitrogens with one attached hydrogen (secondary N) is 1. The number of amides is 4. The number of hydrogen-bond acceptors (Lipinski definition) is 5. The first-order valence-corrected chi connectivity index (χ1v) is 11.2. The minimum atomic E-state index is -1.03. The van der Waals surface area contributed by atoms with Gasteiger partial charge in [0.25, 0.3) is 5.91 Å². The lowest BCUT2D eigenvalue weighted by atomic mass is 9.92. The molecule has 2 fully saturated rings. The van der Waals surface area contributed by atoms with Crippen LogP contribution in [0.2, 0.25) is 0 Å². The van der Waals surface area contributed by atoms with Crippen LogP contribution in [0.15, 0.2) is 48.5 Å². The number of nitrogens with zero attached hydrogens (tertiary/aromatic N) is 4. The van der Waals surface area contributed by atoms with Crippen molar-refractivity contribution >= 4 is 17.8 Å². The second-order valence-electron chi connectivity index (χ2n) is 8.85. The zero-order valence-electron chi connectivity index (χ0n) is 18.3. The minimum absolute atomic E-state index is 0.208. The number of fused-ring (bicyclic) bond motifs is 2. The molecule has 1 aliphatic carbocycles. The van der Waals surface area contributed by atoms with Gasteiger partial charge in [0.2, 0.25) is 5.91 Å². The Bertz CT molecular complexity index is 1150. The molecule has 1 atom stereocenters. The first-order valence-electron chi connectivity index (χ1n) is 11.2. The first-order chi connectivity index (χ1) is 16.0. The number of piperazine rings is 1. The van der Waals surface area contributed by atoms with Gasteiger partial charge in [-0.05, 0) is 41.7 Å². The predicted octanol–water partition coefficient (Wildman–Crippen LogP) is 1.60. The number of carbonyl (C=O) groups excluding carboxylic acids is 3. The van der Waals surface area contributed by atoms with Crippen molar-refractivity contribution in [3.8, 4) is 6.07 Å². The third-order valence-electron chi connectivity index (χ3n) is 6.93. The third kappa shape index (κ3) is 3.74. The van der Waals surface area contributed by atoms with Crippen LogP contribution in [0, 0.1) is 11.3 Å². The molecule has 0 aromatic heterocycles. The topological polar surface area (TPSA) is 96.8 Å². The monoisotopic (exact) mass is 443 g/mol. The predicted molar refractivity (Wildman–Crippen MR) is 120 cm³/mol. The van der Waals surface area contributed by atoms with Gasteiger partial charge in [-0.2, -0.15) is 5.26 Å². The highest BCUT2D eigenvalue weighted by molar-refractivity contribution is 6.09. The third-order valence-corrected chi connectivity index (χ3v) is 6.93. The molecule has 0 bridgehead atoms. The molecule has 0 saturated carbocycles. The molecule has 8 heteroatoms. The summed E-state index contributed by atoms with van der Waals surface area (Å²) in [6.45, 7) is 3.04. The molecule has 4 amide bonds. The van der Waals surface area contributed by atoms with Gasteiger partial charge < -0.3 is 10.2 Å². The van der Waals surface area contributed by atoms with Crippen LogP contribution in [-0.2, 0) is 28.1 Å². The van der Waals surface area contributed by atoms with E-state index < -0.39 is 11.6 Å². The van der Waals surface area contributed by atoms with E-state index in [1.807, 2.05) is 48.5 Å². The van der Waals surface area contributed by atoms with Crippen LogP contribution in [0.5, 0.6) is 0 Å². The summed E-state index contributed by atoms with van der Waals surface area (Å²) >= 11 is 0. The van der Waals surface area contributed by atoms with Crippen LogP contribution in [0.25, 0.3) is 0 Å². The number of nitriles is 1. The second-order valence-corrected chi connectivity index (χ2v) is 8.85. The van der Waals surface area contributed by atoms with Crippen molar-refractivity contribution in [2.45, 2.75) is 24.9 Å². The largest absolute Gasteiger partial charge is 0.339 e. The van der Waals surface area contributed by atoms with Gasteiger partial charge in [-0.3, -0.25) is 19.4 Å². The van der Waals surface area contributed by atoms with Gasteiger partial charge in [0.15, 0.2) is 0 Å². The number of hydrogen-bond donors (Lipinski definition) is 1. The maximum Gasteiger partial charge on any atom is 0.325 e. The van der Waals surface area contributed by atoms with E-state index in [1.165, 1.54) is 0 Å². The summed E-state index contributed by atoms with van der Waals surface area (Å²) in [4.78, 5) is 43.9. The van der Waals surface area contributed by atoms with E-state index in [0.717, 1.165) is 34.6 Å². The van der Waals surface area contributed by atoms with Crippen LogP contribution in [-0.4, -0.2) is 65.3 Å². The van der Waals surface area contributed by atoms with Crippen LogP contribution < -0.4 is 5.32 Å². The van der Waals surface area contributed by atoms with Crippen molar-refractivity contribution in [1.29, 1.82) is 5.26 Å². The standard InChI is InChI=1S/C25H25N5O3/c26-15-18-5-7-19(8-6-18)16-28-11-13-29(14-12-28)22(31)17-30-23(32)25(27-24(30)33)10-9-20-3-1-2-4-21(20)25/h1-8H,9-14,16-17H2,(H,27,33)/t25-/m0/s1. The van der Waals surface area contributed by atoms with Crippen LogP contribution >= 0.6 is 0 Å². The van der Waals surface area contributed by atoms with Crippen molar-refractivity contribution in [2.24, 2.45) is 0 Å².